The summed E-state index contributed by atoms with van der Waals surface area (Å²) in [6, 6.07) is 0. The van der Waals surface area contributed by atoms with Crippen LogP contribution in [0, 0.1) is 5.92 Å². The molecule has 1 aliphatic heterocycles. The summed E-state index contributed by atoms with van der Waals surface area (Å²) in [4.78, 5) is 11.3. The molecule has 0 unspecified atom stereocenters. The van der Waals surface area contributed by atoms with Crippen LogP contribution in [-0.2, 0) is 9.53 Å². The number of hydrogen-bond donors (Lipinski definition) is 1. The molecule has 1 saturated heterocycles. The lowest BCUT2D eigenvalue weighted by atomic mass is 9.75. The molecule has 0 aromatic carbocycles. The maximum atomic E-state index is 11.3. The molecule has 1 heterocycles. The van der Waals surface area contributed by atoms with Gasteiger partial charge >= 0.3 is 0 Å². The summed E-state index contributed by atoms with van der Waals surface area (Å²) in [6.45, 7) is 3.22. The second-order valence-electron chi connectivity index (χ2n) is 4.67. The van der Waals surface area contributed by atoms with Gasteiger partial charge in [0.2, 0.25) is 5.91 Å². The van der Waals surface area contributed by atoms with Crippen LogP contribution in [0.15, 0.2) is 0 Å². The van der Waals surface area contributed by atoms with E-state index in [2.05, 4.69) is 12.2 Å². The van der Waals surface area contributed by atoms with Crippen molar-refractivity contribution < 1.29 is 9.53 Å². The number of carbonyl (C=O) groups excluding carboxylic acids is 1. The fourth-order valence-corrected chi connectivity index (χ4v) is 2.61. The summed E-state index contributed by atoms with van der Waals surface area (Å²) in [5.41, 5.74) is -0.0129. The van der Waals surface area contributed by atoms with E-state index >= 15 is 0 Å². The standard InChI is InChI=1S/C11H19NO2/c1-2-9-3-5-11(6-4-9)8-14-7-10(13)12-11/h9H,2-8H2,1H3,(H,12,13). The Labute approximate surface area is 85.2 Å². The second kappa shape index (κ2) is 3.89. The molecule has 0 aromatic rings. The van der Waals surface area contributed by atoms with Crippen LogP contribution in [0.2, 0.25) is 0 Å². The summed E-state index contributed by atoms with van der Waals surface area (Å²) in [5.74, 6) is 0.922. The highest BCUT2D eigenvalue weighted by Gasteiger charge is 2.38. The highest BCUT2D eigenvalue weighted by atomic mass is 16.5. The molecular weight excluding hydrogens is 178 g/mol. The Balaban J connectivity index is 1.94. The zero-order valence-electron chi connectivity index (χ0n) is 8.84. The van der Waals surface area contributed by atoms with Gasteiger partial charge in [0.25, 0.3) is 0 Å². The Hall–Kier alpha value is -0.570. The Bertz CT molecular complexity index is 219. The minimum Gasteiger partial charge on any atom is -0.369 e. The summed E-state index contributed by atoms with van der Waals surface area (Å²) in [7, 11) is 0. The van der Waals surface area contributed by atoms with Crippen LogP contribution < -0.4 is 5.32 Å². The first-order valence-electron chi connectivity index (χ1n) is 5.63. The Morgan fingerprint density at radius 3 is 2.79 bits per heavy atom. The van der Waals surface area contributed by atoms with Crippen LogP contribution in [0.5, 0.6) is 0 Å². The predicted octanol–water partition coefficient (Wildman–Crippen LogP) is 1.47. The molecule has 0 atom stereocenters. The number of hydrogen-bond acceptors (Lipinski definition) is 2. The summed E-state index contributed by atoms with van der Waals surface area (Å²) in [5, 5.41) is 3.11. The van der Waals surface area contributed by atoms with Crippen molar-refractivity contribution in [1.29, 1.82) is 0 Å². The second-order valence-corrected chi connectivity index (χ2v) is 4.67. The van der Waals surface area contributed by atoms with Gasteiger partial charge in [0.1, 0.15) is 6.61 Å². The van der Waals surface area contributed by atoms with Crippen molar-refractivity contribution in [3.05, 3.63) is 0 Å². The van der Waals surface area contributed by atoms with Crippen molar-refractivity contribution in [2.45, 2.75) is 44.6 Å². The molecule has 3 heteroatoms. The van der Waals surface area contributed by atoms with Gasteiger partial charge in [-0.3, -0.25) is 4.79 Å². The third kappa shape index (κ3) is 1.92. The number of nitrogens with one attached hydrogen (secondary N) is 1. The van der Waals surface area contributed by atoms with Gasteiger partial charge in [-0.05, 0) is 31.6 Å². The lowest BCUT2D eigenvalue weighted by molar-refractivity contribution is -0.137. The van der Waals surface area contributed by atoms with E-state index in [1.54, 1.807) is 0 Å². The van der Waals surface area contributed by atoms with Crippen molar-refractivity contribution in [2.75, 3.05) is 13.2 Å². The van der Waals surface area contributed by atoms with Crippen molar-refractivity contribution in [3.63, 3.8) is 0 Å². The van der Waals surface area contributed by atoms with Crippen LogP contribution >= 0.6 is 0 Å². The van der Waals surface area contributed by atoms with E-state index in [0.29, 0.717) is 0 Å². The van der Waals surface area contributed by atoms with E-state index in [1.165, 1.54) is 19.3 Å². The summed E-state index contributed by atoms with van der Waals surface area (Å²) < 4.78 is 5.33. The fraction of sp³-hybridized carbons (Fsp3) is 0.909. The molecule has 1 N–H and O–H groups in total. The minimum absolute atomic E-state index is 0.0129. The van der Waals surface area contributed by atoms with E-state index in [0.717, 1.165) is 25.4 Å². The molecule has 2 fully saturated rings. The molecule has 1 aliphatic carbocycles. The first-order chi connectivity index (χ1) is 6.74. The van der Waals surface area contributed by atoms with Gasteiger partial charge in [-0.25, -0.2) is 0 Å². The SMILES string of the molecule is CCC1CCC2(CC1)COCC(=O)N2. The van der Waals surface area contributed by atoms with Gasteiger partial charge in [-0.15, -0.1) is 0 Å². The molecule has 80 valence electrons. The molecule has 0 aromatic heterocycles. The maximum absolute atomic E-state index is 11.3. The van der Waals surface area contributed by atoms with Gasteiger partial charge in [0.15, 0.2) is 0 Å². The van der Waals surface area contributed by atoms with E-state index < -0.39 is 0 Å². The molecule has 1 saturated carbocycles. The van der Waals surface area contributed by atoms with Crippen molar-refractivity contribution >= 4 is 5.91 Å². The van der Waals surface area contributed by atoms with Crippen molar-refractivity contribution in [1.82, 2.24) is 5.32 Å². The molecule has 14 heavy (non-hydrogen) atoms. The first-order valence-corrected chi connectivity index (χ1v) is 5.63. The molecule has 2 aliphatic rings. The average Bonchev–Trinajstić information content (AvgIpc) is 2.19. The molecule has 0 radical (unpaired) electrons. The number of amides is 1. The quantitative estimate of drug-likeness (QED) is 0.691. The summed E-state index contributed by atoms with van der Waals surface area (Å²) in [6.07, 6.45) is 5.93. The highest BCUT2D eigenvalue weighted by Crippen LogP contribution is 2.34. The van der Waals surface area contributed by atoms with Gasteiger partial charge in [-0.1, -0.05) is 13.3 Å². The van der Waals surface area contributed by atoms with Gasteiger partial charge < -0.3 is 10.1 Å². The molecule has 2 rings (SSSR count). The van der Waals surface area contributed by atoms with Crippen molar-refractivity contribution in [2.24, 2.45) is 5.92 Å². The average molecular weight is 197 g/mol. The third-order valence-electron chi connectivity index (χ3n) is 3.66. The van der Waals surface area contributed by atoms with E-state index in [4.69, 9.17) is 4.74 Å². The number of ether oxygens (including phenoxy) is 1. The van der Waals surface area contributed by atoms with Crippen LogP contribution in [0.25, 0.3) is 0 Å². The van der Waals surface area contributed by atoms with Crippen LogP contribution in [0.1, 0.15) is 39.0 Å². The third-order valence-corrected chi connectivity index (χ3v) is 3.66. The number of carbonyl (C=O) groups is 1. The van der Waals surface area contributed by atoms with Crippen LogP contribution in [0.3, 0.4) is 0 Å². The van der Waals surface area contributed by atoms with Crippen LogP contribution in [-0.4, -0.2) is 24.7 Å². The van der Waals surface area contributed by atoms with E-state index in [9.17, 15) is 4.79 Å². The molecular formula is C11H19NO2. The Morgan fingerprint density at radius 2 is 2.21 bits per heavy atom. The van der Waals surface area contributed by atoms with E-state index in [1.807, 2.05) is 0 Å². The monoisotopic (exact) mass is 197 g/mol. The summed E-state index contributed by atoms with van der Waals surface area (Å²) >= 11 is 0. The zero-order valence-corrected chi connectivity index (χ0v) is 8.84. The number of rotatable bonds is 1. The largest absolute Gasteiger partial charge is 0.369 e. The smallest absolute Gasteiger partial charge is 0.246 e. The minimum atomic E-state index is -0.0129. The lowest BCUT2D eigenvalue weighted by Crippen LogP contribution is -2.58. The van der Waals surface area contributed by atoms with Crippen molar-refractivity contribution in [3.8, 4) is 0 Å². The topological polar surface area (TPSA) is 38.3 Å². The predicted molar refractivity (Wildman–Crippen MR) is 53.9 cm³/mol. The fourth-order valence-electron chi connectivity index (χ4n) is 2.61. The molecule has 1 spiro atoms. The van der Waals surface area contributed by atoms with Crippen LogP contribution in [0.4, 0.5) is 0 Å². The normalized spacial score (nSPS) is 38.4. The molecule has 1 amide bonds. The first kappa shape index (κ1) is 9.97. The Morgan fingerprint density at radius 1 is 1.50 bits per heavy atom. The molecule has 3 nitrogen and oxygen atoms in total. The maximum Gasteiger partial charge on any atom is 0.246 e. The Kier molecular flexibility index (Phi) is 2.77. The van der Waals surface area contributed by atoms with Gasteiger partial charge in [0.05, 0.1) is 12.1 Å². The lowest BCUT2D eigenvalue weighted by Gasteiger charge is -2.42. The molecule has 0 bridgehead atoms. The van der Waals surface area contributed by atoms with Gasteiger partial charge in [0, 0.05) is 0 Å². The van der Waals surface area contributed by atoms with Gasteiger partial charge in [-0.2, -0.15) is 0 Å². The zero-order chi connectivity index (χ0) is 10.0. The highest BCUT2D eigenvalue weighted by molar-refractivity contribution is 5.78. The van der Waals surface area contributed by atoms with E-state index in [-0.39, 0.29) is 18.1 Å². The number of morpholine rings is 1.